The van der Waals surface area contributed by atoms with Crippen molar-refractivity contribution in [1.82, 2.24) is 0 Å². The zero-order chi connectivity index (χ0) is 15.0. The molecule has 20 heavy (non-hydrogen) atoms. The van der Waals surface area contributed by atoms with Crippen molar-refractivity contribution >= 4 is 29.3 Å². The summed E-state index contributed by atoms with van der Waals surface area (Å²) in [5.74, 6) is 0.138. The molecule has 0 saturated carbocycles. The van der Waals surface area contributed by atoms with E-state index >= 15 is 0 Å². The van der Waals surface area contributed by atoms with Crippen LogP contribution in [0.3, 0.4) is 0 Å². The fourth-order valence-electron chi connectivity index (χ4n) is 1.48. The zero-order valence-corrected chi connectivity index (χ0v) is 12.5. The molecule has 2 unspecified atom stereocenters. The van der Waals surface area contributed by atoms with Gasteiger partial charge < -0.3 is 15.8 Å². The zero-order valence-electron chi connectivity index (χ0n) is 11.7. The molecule has 6 heteroatoms. The highest BCUT2D eigenvalue weighted by Crippen LogP contribution is 2.15. The molecule has 0 heterocycles. The summed E-state index contributed by atoms with van der Waals surface area (Å²) in [6.45, 7) is 1.83. The predicted molar refractivity (Wildman–Crippen MR) is 81.6 cm³/mol. The van der Waals surface area contributed by atoms with Crippen LogP contribution in [0.4, 0.5) is 5.69 Å². The average molecular weight is 296 g/mol. The van der Waals surface area contributed by atoms with Crippen LogP contribution >= 0.6 is 11.8 Å². The highest BCUT2D eigenvalue weighted by Gasteiger charge is 2.17. The Bertz CT molecular complexity index is 439. The molecular formula is C14H20N2O3S. The minimum atomic E-state index is -0.628. The average Bonchev–Trinajstić information content (AvgIpc) is 2.47. The fraction of sp³-hybridized carbons (Fsp3) is 0.429. The number of carbonyl (C=O) groups is 2. The lowest BCUT2D eigenvalue weighted by atomic mass is 10.2. The number of methoxy groups -OCH3 is 1. The Hall–Kier alpha value is -1.53. The number of hydrogen-bond acceptors (Lipinski definition) is 5. The SMILES string of the molecule is COC(=O)C(N)CCSC(C)C(=O)Nc1ccccc1. The Morgan fingerprint density at radius 3 is 2.60 bits per heavy atom. The Morgan fingerprint density at radius 2 is 2.00 bits per heavy atom. The summed E-state index contributed by atoms with van der Waals surface area (Å²) in [5.41, 5.74) is 6.40. The van der Waals surface area contributed by atoms with Crippen molar-refractivity contribution in [3.05, 3.63) is 30.3 Å². The van der Waals surface area contributed by atoms with Gasteiger partial charge in [0.15, 0.2) is 0 Å². The largest absolute Gasteiger partial charge is 0.468 e. The number of rotatable bonds is 7. The first-order chi connectivity index (χ1) is 9.54. The van der Waals surface area contributed by atoms with E-state index in [0.717, 1.165) is 5.69 Å². The number of carbonyl (C=O) groups excluding carboxylic acids is 2. The molecule has 0 fully saturated rings. The third-order valence-electron chi connectivity index (χ3n) is 2.71. The van der Waals surface area contributed by atoms with E-state index in [9.17, 15) is 9.59 Å². The summed E-state index contributed by atoms with van der Waals surface area (Å²) < 4.78 is 4.54. The third kappa shape index (κ3) is 5.63. The van der Waals surface area contributed by atoms with Gasteiger partial charge in [-0.05, 0) is 31.2 Å². The first kappa shape index (κ1) is 16.5. The minimum absolute atomic E-state index is 0.0622. The molecule has 1 aromatic rings. The van der Waals surface area contributed by atoms with E-state index in [1.54, 1.807) is 0 Å². The first-order valence-electron chi connectivity index (χ1n) is 6.35. The van der Waals surface area contributed by atoms with Crippen molar-refractivity contribution in [2.45, 2.75) is 24.6 Å². The Balaban J connectivity index is 2.30. The molecule has 5 nitrogen and oxygen atoms in total. The van der Waals surface area contributed by atoms with E-state index in [2.05, 4.69) is 10.1 Å². The van der Waals surface area contributed by atoms with Gasteiger partial charge in [0.25, 0.3) is 0 Å². The monoisotopic (exact) mass is 296 g/mol. The number of thioether (sulfide) groups is 1. The van der Waals surface area contributed by atoms with E-state index in [1.807, 2.05) is 37.3 Å². The van der Waals surface area contributed by atoms with Crippen molar-refractivity contribution in [2.24, 2.45) is 5.73 Å². The quantitative estimate of drug-likeness (QED) is 0.748. The van der Waals surface area contributed by atoms with E-state index in [-0.39, 0.29) is 11.2 Å². The van der Waals surface area contributed by atoms with Crippen molar-refractivity contribution in [2.75, 3.05) is 18.2 Å². The summed E-state index contributed by atoms with van der Waals surface area (Å²) in [4.78, 5) is 23.1. The number of esters is 1. The van der Waals surface area contributed by atoms with Crippen LogP contribution < -0.4 is 11.1 Å². The molecule has 0 aromatic heterocycles. The summed E-state index contributed by atoms with van der Waals surface area (Å²) in [5, 5.41) is 2.62. The van der Waals surface area contributed by atoms with Crippen LogP contribution in [0, 0.1) is 0 Å². The summed E-state index contributed by atoms with van der Waals surface area (Å²) >= 11 is 1.46. The molecule has 0 saturated heterocycles. The lowest BCUT2D eigenvalue weighted by Gasteiger charge is -2.13. The van der Waals surface area contributed by atoms with Crippen molar-refractivity contribution in [3.8, 4) is 0 Å². The van der Waals surface area contributed by atoms with Crippen LogP contribution in [-0.2, 0) is 14.3 Å². The van der Waals surface area contributed by atoms with Crippen molar-refractivity contribution in [1.29, 1.82) is 0 Å². The highest BCUT2D eigenvalue weighted by atomic mass is 32.2. The van der Waals surface area contributed by atoms with Gasteiger partial charge in [0.1, 0.15) is 6.04 Å². The van der Waals surface area contributed by atoms with E-state index in [1.165, 1.54) is 18.9 Å². The van der Waals surface area contributed by atoms with Crippen LogP contribution in [0.15, 0.2) is 30.3 Å². The Morgan fingerprint density at radius 1 is 1.35 bits per heavy atom. The van der Waals surface area contributed by atoms with Gasteiger partial charge in [-0.1, -0.05) is 18.2 Å². The van der Waals surface area contributed by atoms with Crippen LogP contribution in [0.5, 0.6) is 0 Å². The second-order valence-electron chi connectivity index (χ2n) is 4.29. The second-order valence-corrected chi connectivity index (χ2v) is 5.74. The minimum Gasteiger partial charge on any atom is -0.468 e. The van der Waals surface area contributed by atoms with Gasteiger partial charge in [0, 0.05) is 5.69 Å². The van der Waals surface area contributed by atoms with Crippen LogP contribution in [0.2, 0.25) is 0 Å². The number of para-hydroxylation sites is 1. The van der Waals surface area contributed by atoms with Crippen LogP contribution in [0.25, 0.3) is 0 Å². The van der Waals surface area contributed by atoms with Gasteiger partial charge in [-0.15, -0.1) is 11.8 Å². The molecule has 0 aliphatic carbocycles. The van der Waals surface area contributed by atoms with E-state index in [4.69, 9.17) is 5.73 Å². The number of benzene rings is 1. The number of hydrogen-bond donors (Lipinski definition) is 2. The van der Waals surface area contributed by atoms with Crippen LogP contribution in [-0.4, -0.2) is 36.0 Å². The number of anilines is 1. The van der Waals surface area contributed by atoms with Gasteiger partial charge in [-0.25, -0.2) is 0 Å². The lowest BCUT2D eigenvalue weighted by molar-refractivity contribution is -0.142. The van der Waals surface area contributed by atoms with E-state index in [0.29, 0.717) is 12.2 Å². The van der Waals surface area contributed by atoms with E-state index < -0.39 is 12.0 Å². The molecule has 110 valence electrons. The topological polar surface area (TPSA) is 81.4 Å². The molecule has 0 spiro atoms. The van der Waals surface area contributed by atoms with Crippen molar-refractivity contribution in [3.63, 3.8) is 0 Å². The first-order valence-corrected chi connectivity index (χ1v) is 7.40. The number of amides is 1. The molecule has 1 amide bonds. The van der Waals surface area contributed by atoms with Gasteiger partial charge in [0.05, 0.1) is 12.4 Å². The van der Waals surface area contributed by atoms with Gasteiger partial charge in [0.2, 0.25) is 5.91 Å². The smallest absolute Gasteiger partial charge is 0.322 e. The molecule has 1 aromatic carbocycles. The van der Waals surface area contributed by atoms with Crippen molar-refractivity contribution < 1.29 is 14.3 Å². The predicted octanol–water partition coefficient (Wildman–Crippen LogP) is 1.64. The maximum Gasteiger partial charge on any atom is 0.322 e. The van der Waals surface area contributed by atoms with Gasteiger partial charge >= 0.3 is 5.97 Å². The fourth-order valence-corrected chi connectivity index (χ4v) is 2.44. The summed E-state index contributed by atoms with van der Waals surface area (Å²) in [6.07, 6.45) is 0.486. The molecule has 0 aliphatic heterocycles. The Labute approximate surface area is 123 Å². The second kappa shape index (κ2) is 8.60. The number of ether oxygens (including phenoxy) is 1. The number of nitrogens with one attached hydrogen (secondary N) is 1. The lowest BCUT2D eigenvalue weighted by Crippen LogP contribution is -2.32. The molecule has 0 aliphatic rings. The molecule has 3 N–H and O–H groups in total. The molecule has 0 radical (unpaired) electrons. The third-order valence-corrected chi connectivity index (χ3v) is 3.90. The maximum absolute atomic E-state index is 11.9. The summed E-state index contributed by atoms with van der Waals surface area (Å²) in [7, 11) is 1.31. The van der Waals surface area contributed by atoms with Crippen LogP contribution in [0.1, 0.15) is 13.3 Å². The molecule has 2 atom stereocenters. The molecular weight excluding hydrogens is 276 g/mol. The summed E-state index contributed by atoms with van der Waals surface area (Å²) in [6, 6.07) is 8.66. The maximum atomic E-state index is 11.9. The molecule has 0 bridgehead atoms. The Kier molecular flexibility index (Phi) is 7.11. The number of nitrogens with two attached hydrogens (primary N) is 1. The molecule has 1 rings (SSSR count). The standard InChI is InChI=1S/C14H20N2O3S/c1-10(20-9-8-12(15)14(18)19-2)13(17)16-11-6-4-3-5-7-11/h3-7,10,12H,8-9,15H2,1-2H3,(H,16,17). The van der Waals surface area contributed by atoms with Gasteiger partial charge in [-0.3, -0.25) is 9.59 Å². The van der Waals surface area contributed by atoms with Gasteiger partial charge in [-0.2, -0.15) is 0 Å². The normalized spacial score (nSPS) is 13.3. The highest BCUT2D eigenvalue weighted by molar-refractivity contribution is 8.00.